The summed E-state index contributed by atoms with van der Waals surface area (Å²) in [5.74, 6) is 0.787. The molecule has 2 heterocycles. The highest BCUT2D eigenvalue weighted by atomic mass is 35.5. The lowest BCUT2D eigenvalue weighted by molar-refractivity contribution is 0.569. The van der Waals surface area contributed by atoms with Gasteiger partial charge < -0.3 is 5.32 Å². The highest BCUT2D eigenvalue weighted by molar-refractivity contribution is 6.30. The number of anilines is 1. The number of aryl methyl sites for hydroxylation is 1. The first kappa shape index (κ1) is 12.8. The van der Waals surface area contributed by atoms with Gasteiger partial charge >= 0.3 is 0 Å². The van der Waals surface area contributed by atoms with Crippen molar-refractivity contribution in [2.75, 3.05) is 11.9 Å². The minimum atomic E-state index is 0.459. The van der Waals surface area contributed by atoms with Crippen LogP contribution in [0.1, 0.15) is 17.5 Å². The van der Waals surface area contributed by atoms with Gasteiger partial charge in [0.05, 0.1) is 6.20 Å². The van der Waals surface area contributed by atoms with E-state index in [4.69, 9.17) is 11.6 Å². The maximum Gasteiger partial charge on any atom is 0.155 e. The smallest absolute Gasteiger partial charge is 0.155 e. The normalized spacial score (nSPS) is 10.6. The molecule has 2 aromatic heterocycles. The van der Waals surface area contributed by atoms with E-state index in [-0.39, 0.29) is 0 Å². The van der Waals surface area contributed by atoms with Crippen molar-refractivity contribution < 1.29 is 0 Å². The van der Waals surface area contributed by atoms with Crippen molar-refractivity contribution in [1.29, 1.82) is 0 Å². The molecule has 0 aliphatic heterocycles. The minimum absolute atomic E-state index is 0.459. The largest absolute Gasteiger partial charge is 0.368 e. The zero-order valence-electron chi connectivity index (χ0n) is 10.4. The van der Waals surface area contributed by atoms with Gasteiger partial charge in [0.2, 0.25) is 0 Å². The van der Waals surface area contributed by atoms with Crippen molar-refractivity contribution in [2.24, 2.45) is 0 Å². The summed E-state index contributed by atoms with van der Waals surface area (Å²) in [6, 6.07) is 0. The number of hydrogen-bond acceptors (Lipinski definition) is 5. The Morgan fingerprint density at radius 2 is 2.11 bits per heavy atom. The summed E-state index contributed by atoms with van der Waals surface area (Å²) in [6.07, 6.45) is 4.45. The predicted octanol–water partition coefficient (Wildman–Crippen LogP) is 1.84. The lowest BCUT2D eigenvalue weighted by Gasteiger charge is -2.10. The van der Waals surface area contributed by atoms with Crippen molar-refractivity contribution in [1.82, 2.24) is 25.2 Å². The van der Waals surface area contributed by atoms with Crippen molar-refractivity contribution in [3.05, 3.63) is 28.7 Å². The summed E-state index contributed by atoms with van der Waals surface area (Å²) in [6.45, 7) is 5.55. The molecular formula is C11H15ClN6. The van der Waals surface area contributed by atoms with E-state index in [2.05, 4.69) is 25.8 Å². The third-order valence-electron chi connectivity index (χ3n) is 2.79. The lowest BCUT2D eigenvalue weighted by Crippen LogP contribution is -2.10. The molecule has 1 N–H and O–H groups in total. The van der Waals surface area contributed by atoms with E-state index >= 15 is 0 Å². The van der Waals surface area contributed by atoms with Crippen LogP contribution >= 0.6 is 11.6 Å². The van der Waals surface area contributed by atoms with Gasteiger partial charge in [0.15, 0.2) is 11.0 Å². The van der Waals surface area contributed by atoms with Crippen LogP contribution in [0, 0.1) is 13.8 Å². The number of halogens is 1. The maximum atomic E-state index is 5.89. The molecule has 96 valence electrons. The molecule has 0 bridgehead atoms. The Hall–Kier alpha value is -1.69. The van der Waals surface area contributed by atoms with Crippen LogP contribution in [0.5, 0.6) is 0 Å². The number of rotatable bonds is 5. The second kappa shape index (κ2) is 5.77. The Morgan fingerprint density at radius 1 is 1.28 bits per heavy atom. The van der Waals surface area contributed by atoms with Gasteiger partial charge in [-0.05, 0) is 31.4 Å². The number of nitrogens with zero attached hydrogens (tertiary/aromatic N) is 5. The Morgan fingerprint density at radius 3 is 2.83 bits per heavy atom. The molecule has 0 aliphatic carbocycles. The van der Waals surface area contributed by atoms with E-state index in [0.29, 0.717) is 5.15 Å². The summed E-state index contributed by atoms with van der Waals surface area (Å²) in [5, 5.41) is 19.3. The minimum Gasteiger partial charge on any atom is -0.368 e. The molecule has 0 amide bonds. The van der Waals surface area contributed by atoms with Crippen molar-refractivity contribution in [3.8, 4) is 0 Å². The van der Waals surface area contributed by atoms with E-state index in [1.807, 2.05) is 20.0 Å². The molecule has 0 aliphatic rings. The fraction of sp³-hybridized carbons (Fsp3) is 0.455. The van der Waals surface area contributed by atoms with Crippen LogP contribution in [-0.2, 0) is 6.54 Å². The van der Waals surface area contributed by atoms with Crippen molar-refractivity contribution in [2.45, 2.75) is 26.8 Å². The third-order valence-corrected chi connectivity index (χ3v) is 3.15. The first-order chi connectivity index (χ1) is 8.68. The van der Waals surface area contributed by atoms with E-state index in [1.165, 1.54) is 0 Å². The van der Waals surface area contributed by atoms with Crippen LogP contribution in [0.2, 0.25) is 5.15 Å². The SMILES string of the molecule is Cc1c(Cl)nnc(NCCCn2ccnn2)c1C. The monoisotopic (exact) mass is 266 g/mol. The maximum absolute atomic E-state index is 5.89. The molecule has 2 aromatic rings. The summed E-state index contributed by atoms with van der Waals surface area (Å²) in [7, 11) is 0. The second-order valence-electron chi connectivity index (χ2n) is 4.04. The molecule has 7 heteroatoms. The first-order valence-corrected chi connectivity index (χ1v) is 6.13. The van der Waals surface area contributed by atoms with Crippen LogP contribution in [0.15, 0.2) is 12.4 Å². The van der Waals surface area contributed by atoms with Gasteiger partial charge in [-0.1, -0.05) is 16.8 Å². The molecule has 0 unspecified atom stereocenters. The molecule has 0 radical (unpaired) electrons. The summed E-state index contributed by atoms with van der Waals surface area (Å²) >= 11 is 5.89. The van der Waals surface area contributed by atoms with E-state index < -0.39 is 0 Å². The van der Waals surface area contributed by atoms with Gasteiger partial charge in [0.25, 0.3) is 0 Å². The van der Waals surface area contributed by atoms with Crippen LogP contribution in [0.4, 0.5) is 5.82 Å². The summed E-state index contributed by atoms with van der Waals surface area (Å²) in [5.41, 5.74) is 2.00. The average Bonchev–Trinajstić information content (AvgIpc) is 2.87. The van der Waals surface area contributed by atoms with Gasteiger partial charge in [-0.2, -0.15) is 0 Å². The molecule has 18 heavy (non-hydrogen) atoms. The van der Waals surface area contributed by atoms with Crippen LogP contribution in [-0.4, -0.2) is 31.7 Å². The molecule has 6 nitrogen and oxygen atoms in total. The predicted molar refractivity (Wildman–Crippen MR) is 69.6 cm³/mol. The number of hydrogen-bond donors (Lipinski definition) is 1. The molecule has 0 atom stereocenters. The quantitative estimate of drug-likeness (QED) is 0.837. The van der Waals surface area contributed by atoms with E-state index in [9.17, 15) is 0 Å². The Kier molecular flexibility index (Phi) is 4.09. The van der Waals surface area contributed by atoms with Crippen molar-refractivity contribution >= 4 is 17.4 Å². The fourth-order valence-corrected chi connectivity index (χ4v) is 1.72. The summed E-state index contributed by atoms with van der Waals surface area (Å²) in [4.78, 5) is 0. The highest BCUT2D eigenvalue weighted by Gasteiger charge is 2.07. The fourth-order valence-electron chi connectivity index (χ4n) is 1.54. The first-order valence-electron chi connectivity index (χ1n) is 5.76. The highest BCUT2D eigenvalue weighted by Crippen LogP contribution is 2.20. The zero-order valence-corrected chi connectivity index (χ0v) is 11.1. The third kappa shape index (κ3) is 2.95. The lowest BCUT2D eigenvalue weighted by atomic mass is 10.2. The summed E-state index contributed by atoms with van der Waals surface area (Å²) < 4.78 is 1.80. The molecule has 0 fully saturated rings. The molecule has 0 saturated carbocycles. The van der Waals surface area contributed by atoms with E-state index in [1.54, 1.807) is 10.9 Å². The molecular weight excluding hydrogens is 252 g/mol. The Bertz CT molecular complexity index is 511. The molecule has 0 saturated heterocycles. The van der Waals surface area contributed by atoms with Gasteiger partial charge in [-0.15, -0.1) is 15.3 Å². The van der Waals surface area contributed by atoms with Crippen LogP contribution < -0.4 is 5.32 Å². The molecule has 0 aromatic carbocycles. The van der Waals surface area contributed by atoms with Gasteiger partial charge in [-0.3, -0.25) is 4.68 Å². The zero-order chi connectivity index (χ0) is 13.0. The number of aromatic nitrogens is 5. The molecule has 0 spiro atoms. The standard InChI is InChI=1S/C11H15ClN6/c1-8-9(2)11(16-15-10(8)12)13-4-3-6-18-7-5-14-17-18/h5,7H,3-4,6H2,1-2H3,(H,13,16). The van der Waals surface area contributed by atoms with Gasteiger partial charge in [-0.25, -0.2) is 0 Å². The van der Waals surface area contributed by atoms with Gasteiger partial charge in [0, 0.05) is 19.3 Å². The average molecular weight is 267 g/mol. The Labute approximate surface area is 110 Å². The van der Waals surface area contributed by atoms with E-state index in [0.717, 1.165) is 36.5 Å². The van der Waals surface area contributed by atoms with Crippen LogP contribution in [0.25, 0.3) is 0 Å². The molecule has 2 rings (SSSR count). The Balaban J connectivity index is 1.85. The van der Waals surface area contributed by atoms with Crippen LogP contribution in [0.3, 0.4) is 0 Å². The second-order valence-corrected chi connectivity index (χ2v) is 4.39. The topological polar surface area (TPSA) is 68.5 Å². The van der Waals surface area contributed by atoms with Crippen molar-refractivity contribution in [3.63, 3.8) is 0 Å². The number of nitrogens with one attached hydrogen (secondary N) is 1. The van der Waals surface area contributed by atoms with Gasteiger partial charge in [0.1, 0.15) is 0 Å².